The number of ether oxygens (including phenoxy) is 2. The molecular formula is C13H16N4O3. The van der Waals surface area contributed by atoms with E-state index < -0.39 is 0 Å². The average Bonchev–Trinajstić information content (AvgIpc) is 3.04. The first-order chi connectivity index (χ1) is 9.69. The molecule has 1 aromatic carbocycles. The van der Waals surface area contributed by atoms with Crippen LogP contribution in [0.5, 0.6) is 11.5 Å². The Hall–Kier alpha value is -2.28. The second kappa shape index (κ2) is 5.01. The van der Waals surface area contributed by atoms with Gasteiger partial charge in [0.25, 0.3) is 0 Å². The number of benzene rings is 1. The lowest BCUT2D eigenvalue weighted by Gasteiger charge is -2.16. The molecule has 0 spiro atoms. The number of aromatic nitrogens is 3. The van der Waals surface area contributed by atoms with E-state index in [2.05, 4.69) is 10.4 Å². The topological polar surface area (TPSA) is 70.3 Å². The highest BCUT2D eigenvalue weighted by Crippen LogP contribution is 2.34. The van der Waals surface area contributed by atoms with Gasteiger partial charge in [0.15, 0.2) is 11.5 Å². The Morgan fingerprint density at radius 3 is 2.90 bits per heavy atom. The Kier molecular flexibility index (Phi) is 3.19. The predicted molar refractivity (Wildman–Crippen MR) is 71.8 cm³/mol. The molecule has 7 heteroatoms. The number of hydrogen-bond donors (Lipinski definition) is 1. The van der Waals surface area contributed by atoms with E-state index in [0.717, 1.165) is 17.1 Å². The van der Waals surface area contributed by atoms with Gasteiger partial charge in [-0.05, 0) is 24.7 Å². The molecule has 20 heavy (non-hydrogen) atoms. The van der Waals surface area contributed by atoms with E-state index in [-0.39, 0.29) is 18.5 Å². The summed E-state index contributed by atoms with van der Waals surface area (Å²) in [6.07, 6.45) is 1.51. The molecule has 0 radical (unpaired) electrons. The Morgan fingerprint density at radius 1 is 1.40 bits per heavy atom. The quantitative estimate of drug-likeness (QED) is 0.868. The number of nitrogens with one attached hydrogen (secondary N) is 1. The Balaban J connectivity index is 1.86. The summed E-state index contributed by atoms with van der Waals surface area (Å²) in [5.41, 5.74) is 0.889. The van der Waals surface area contributed by atoms with Crippen molar-refractivity contribution >= 4 is 0 Å². The van der Waals surface area contributed by atoms with Gasteiger partial charge >= 0.3 is 5.69 Å². The minimum absolute atomic E-state index is 0.0305. The van der Waals surface area contributed by atoms with Gasteiger partial charge in [-0.25, -0.2) is 9.48 Å². The number of fused-ring (bicyclic) bond motifs is 1. The molecule has 2 aromatic rings. The largest absolute Gasteiger partial charge is 0.454 e. The maximum Gasteiger partial charge on any atom is 0.345 e. The lowest BCUT2D eigenvalue weighted by molar-refractivity contribution is 0.174. The van der Waals surface area contributed by atoms with Gasteiger partial charge in [0.2, 0.25) is 6.79 Å². The lowest BCUT2D eigenvalue weighted by atomic mass is 10.1. The third-order valence-corrected chi connectivity index (χ3v) is 3.39. The van der Waals surface area contributed by atoms with Crippen molar-refractivity contribution < 1.29 is 9.47 Å². The van der Waals surface area contributed by atoms with E-state index in [1.165, 1.54) is 15.6 Å². The van der Waals surface area contributed by atoms with Gasteiger partial charge in [0.05, 0.1) is 12.6 Å². The number of rotatable bonds is 4. The van der Waals surface area contributed by atoms with Crippen LogP contribution in [0.4, 0.5) is 0 Å². The van der Waals surface area contributed by atoms with Crippen molar-refractivity contribution in [1.82, 2.24) is 19.7 Å². The van der Waals surface area contributed by atoms with E-state index in [4.69, 9.17) is 9.47 Å². The van der Waals surface area contributed by atoms with Crippen LogP contribution in [0.3, 0.4) is 0 Å². The SMILES string of the molecule is CNC(Cn1ncn(C)c1=O)c1ccc2c(c1)OCO2. The Bertz CT molecular complexity index is 676. The van der Waals surface area contributed by atoms with Crippen LogP contribution in [-0.4, -0.2) is 28.2 Å². The zero-order valence-corrected chi connectivity index (χ0v) is 11.4. The number of hydrogen-bond acceptors (Lipinski definition) is 5. The fourth-order valence-electron chi connectivity index (χ4n) is 2.21. The van der Waals surface area contributed by atoms with Crippen LogP contribution in [0.2, 0.25) is 0 Å². The molecule has 0 fully saturated rings. The second-order valence-electron chi connectivity index (χ2n) is 4.66. The maximum atomic E-state index is 11.8. The van der Waals surface area contributed by atoms with Gasteiger partial charge in [0, 0.05) is 7.05 Å². The number of aryl methyl sites for hydroxylation is 1. The molecule has 1 aliphatic rings. The zero-order chi connectivity index (χ0) is 14.1. The second-order valence-corrected chi connectivity index (χ2v) is 4.66. The molecule has 106 valence electrons. The molecule has 1 atom stereocenters. The minimum atomic E-state index is -0.133. The molecular weight excluding hydrogens is 260 g/mol. The van der Waals surface area contributed by atoms with Gasteiger partial charge < -0.3 is 14.8 Å². The summed E-state index contributed by atoms with van der Waals surface area (Å²) in [6, 6.07) is 5.74. The summed E-state index contributed by atoms with van der Waals surface area (Å²) >= 11 is 0. The van der Waals surface area contributed by atoms with Gasteiger partial charge in [-0.1, -0.05) is 6.07 Å². The highest BCUT2D eigenvalue weighted by molar-refractivity contribution is 5.45. The molecule has 1 aliphatic heterocycles. The molecule has 0 bridgehead atoms. The highest BCUT2D eigenvalue weighted by atomic mass is 16.7. The van der Waals surface area contributed by atoms with Crippen molar-refractivity contribution in [2.45, 2.75) is 12.6 Å². The van der Waals surface area contributed by atoms with Crippen LogP contribution >= 0.6 is 0 Å². The maximum absolute atomic E-state index is 11.8. The van der Waals surface area contributed by atoms with Gasteiger partial charge in [-0.15, -0.1) is 0 Å². The first-order valence-corrected chi connectivity index (χ1v) is 6.34. The average molecular weight is 276 g/mol. The molecule has 2 heterocycles. The Labute approximate surface area is 115 Å². The summed E-state index contributed by atoms with van der Waals surface area (Å²) in [6.45, 7) is 0.707. The van der Waals surface area contributed by atoms with Crippen LogP contribution < -0.4 is 20.5 Å². The summed E-state index contributed by atoms with van der Waals surface area (Å²) in [7, 11) is 3.53. The molecule has 0 aliphatic carbocycles. The van der Waals surface area contributed by atoms with Crippen LogP contribution in [0.1, 0.15) is 11.6 Å². The first kappa shape index (κ1) is 12.7. The summed E-state index contributed by atoms with van der Waals surface area (Å²) in [5, 5.41) is 7.26. The van der Waals surface area contributed by atoms with Gasteiger partial charge in [-0.2, -0.15) is 5.10 Å². The van der Waals surface area contributed by atoms with Crippen LogP contribution in [0.25, 0.3) is 0 Å². The third kappa shape index (κ3) is 2.16. The molecule has 7 nitrogen and oxygen atoms in total. The smallest absolute Gasteiger partial charge is 0.345 e. The van der Waals surface area contributed by atoms with Crippen molar-refractivity contribution in [2.24, 2.45) is 7.05 Å². The Morgan fingerprint density at radius 2 is 2.20 bits per heavy atom. The minimum Gasteiger partial charge on any atom is -0.454 e. The van der Waals surface area contributed by atoms with Crippen LogP contribution in [-0.2, 0) is 13.6 Å². The van der Waals surface area contributed by atoms with E-state index >= 15 is 0 Å². The fourth-order valence-corrected chi connectivity index (χ4v) is 2.21. The third-order valence-electron chi connectivity index (χ3n) is 3.39. The normalized spacial score (nSPS) is 14.5. The number of likely N-dealkylation sites (N-methyl/N-ethyl adjacent to an activating group) is 1. The molecule has 1 aromatic heterocycles. The van der Waals surface area contributed by atoms with E-state index in [9.17, 15) is 4.79 Å². The van der Waals surface area contributed by atoms with Crippen molar-refractivity contribution in [2.75, 3.05) is 13.8 Å². The standard InChI is InChI=1S/C13H16N4O3/c1-14-10(6-17-13(18)16(2)7-15-17)9-3-4-11-12(5-9)20-8-19-11/h3-5,7,10,14H,6,8H2,1-2H3. The zero-order valence-electron chi connectivity index (χ0n) is 11.4. The van der Waals surface area contributed by atoms with Gasteiger partial charge in [-0.3, -0.25) is 4.57 Å². The summed E-state index contributed by atoms with van der Waals surface area (Å²) in [4.78, 5) is 11.8. The van der Waals surface area contributed by atoms with Crippen molar-refractivity contribution in [3.05, 3.63) is 40.6 Å². The molecule has 3 rings (SSSR count). The monoisotopic (exact) mass is 276 g/mol. The van der Waals surface area contributed by atoms with Crippen LogP contribution in [0, 0.1) is 0 Å². The lowest BCUT2D eigenvalue weighted by Crippen LogP contribution is -2.30. The fraction of sp³-hybridized carbons (Fsp3) is 0.385. The van der Waals surface area contributed by atoms with E-state index in [0.29, 0.717) is 6.54 Å². The molecule has 0 saturated carbocycles. The molecule has 0 amide bonds. The highest BCUT2D eigenvalue weighted by Gasteiger charge is 2.18. The number of nitrogens with zero attached hydrogens (tertiary/aromatic N) is 3. The van der Waals surface area contributed by atoms with Gasteiger partial charge in [0.1, 0.15) is 6.33 Å². The van der Waals surface area contributed by atoms with Crippen molar-refractivity contribution in [1.29, 1.82) is 0 Å². The molecule has 1 unspecified atom stereocenters. The summed E-state index contributed by atoms with van der Waals surface area (Å²) < 4.78 is 13.6. The van der Waals surface area contributed by atoms with Crippen LogP contribution in [0.15, 0.2) is 29.3 Å². The summed E-state index contributed by atoms with van der Waals surface area (Å²) in [5.74, 6) is 1.48. The molecule has 1 N–H and O–H groups in total. The van der Waals surface area contributed by atoms with Crippen molar-refractivity contribution in [3.63, 3.8) is 0 Å². The predicted octanol–water partition coefficient (Wildman–Crippen LogP) is 0.271. The first-order valence-electron chi connectivity index (χ1n) is 6.34. The molecule has 0 saturated heterocycles. The van der Waals surface area contributed by atoms with Crippen molar-refractivity contribution in [3.8, 4) is 11.5 Å². The van der Waals surface area contributed by atoms with E-state index in [1.807, 2.05) is 25.2 Å². The van der Waals surface area contributed by atoms with E-state index in [1.54, 1.807) is 7.05 Å².